The number of para-hydroxylation sites is 1. The summed E-state index contributed by atoms with van der Waals surface area (Å²) in [4.78, 5) is 13.1. The molecule has 0 bridgehead atoms. The van der Waals surface area contributed by atoms with Crippen LogP contribution in [-0.2, 0) is 12.7 Å². The minimum atomic E-state index is -4.60. The first-order chi connectivity index (χ1) is 17.1. The van der Waals surface area contributed by atoms with Crippen LogP contribution < -0.4 is 0 Å². The van der Waals surface area contributed by atoms with Crippen molar-refractivity contribution >= 4 is 29.1 Å². The fraction of sp³-hybridized carbons (Fsp3) is 0.192. The highest BCUT2D eigenvalue weighted by atomic mass is 35.5. The third-order valence-corrected chi connectivity index (χ3v) is 6.85. The number of allylic oxidation sites excluding steroid dienone is 1. The van der Waals surface area contributed by atoms with Gasteiger partial charge in [0.05, 0.1) is 17.0 Å². The van der Waals surface area contributed by atoms with Crippen molar-refractivity contribution in [1.82, 2.24) is 19.3 Å². The Labute approximate surface area is 215 Å². The normalized spacial score (nSPS) is 11.6. The number of hydrogen-bond acceptors (Lipinski definition) is 4. The summed E-state index contributed by atoms with van der Waals surface area (Å²) in [6.45, 7) is 8.08. The molecule has 2 aromatic heterocycles. The van der Waals surface area contributed by atoms with E-state index in [1.54, 1.807) is 30.3 Å². The molecule has 0 atom stereocenters. The summed E-state index contributed by atoms with van der Waals surface area (Å²) < 4.78 is 45.0. The van der Waals surface area contributed by atoms with Gasteiger partial charge < -0.3 is 4.57 Å². The lowest BCUT2D eigenvalue weighted by Crippen LogP contribution is -2.12. The summed E-state index contributed by atoms with van der Waals surface area (Å²) in [5.74, 6) is -0.0000478. The highest BCUT2D eigenvalue weighted by molar-refractivity contribution is 7.99. The van der Waals surface area contributed by atoms with Crippen LogP contribution >= 0.6 is 23.4 Å². The number of thioether (sulfide) groups is 1. The Balaban J connectivity index is 1.76. The molecule has 0 saturated carbocycles. The van der Waals surface area contributed by atoms with E-state index in [9.17, 15) is 18.0 Å². The van der Waals surface area contributed by atoms with Crippen LogP contribution in [0.25, 0.3) is 17.1 Å². The summed E-state index contributed by atoms with van der Waals surface area (Å²) in [7, 11) is 0. The van der Waals surface area contributed by atoms with Gasteiger partial charge in [0, 0.05) is 34.1 Å². The molecule has 186 valence electrons. The largest absolute Gasteiger partial charge is 0.418 e. The van der Waals surface area contributed by atoms with Crippen molar-refractivity contribution < 1.29 is 18.0 Å². The number of aromatic nitrogens is 4. The van der Waals surface area contributed by atoms with Crippen LogP contribution in [0.5, 0.6) is 0 Å². The first kappa shape index (κ1) is 25.8. The minimum Gasteiger partial charge on any atom is -0.345 e. The minimum absolute atomic E-state index is 0.0275. The molecule has 36 heavy (non-hydrogen) atoms. The number of hydrogen-bond donors (Lipinski definition) is 0. The van der Waals surface area contributed by atoms with Crippen LogP contribution in [-0.4, -0.2) is 30.9 Å². The number of carbonyl (C=O) groups excluding carboxylic acids is 1. The molecule has 4 aromatic rings. The van der Waals surface area contributed by atoms with Crippen molar-refractivity contribution in [3.63, 3.8) is 0 Å². The third kappa shape index (κ3) is 5.12. The van der Waals surface area contributed by atoms with E-state index < -0.39 is 11.7 Å². The molecule has 10 heteroatoms. The Morgan fingerprint density at radius 2 is 1.86 bits per heavy atom. The van der Waals surface area contributed by atoms with Gasteiger partial charge >= 0.3 is 6.18 Å². The lowest BCUT2D eigenvalue weighted by Gasteiger charge is -2.16. The van der Waals surface area contributed by atoms with E-state index in [0.717, 1.165) is 29.2 Å². The summed E-state index contributed by atoms with van der Waals surface area (Å²) in [5, 5.41) is 8.90. The van der Waals surface area contributed by atoms with Crippen LogP contribution in [0.4, 0.5) is 13.2 Å². The molecular formula is C26H22ClF3N4OS. The number of ketones is 1. The van der Waals surface area contributed by atoms with Crippen molar-refractivity contribution in [3.8, 4) is 17.1 Å². The molecule has 0 amide bonds. The summed E-state index contributed by atoms with van der Waals surface area (Å²) in [5.41, 5.74) is 1.81. The zero-order valence-electron chi connectivity index (χ0n) is 19.5. The zero-order chi connectivity index (χ0) is 26.0. The zero-order valence-corrected chi connectivity index (χ0v) is 21.1. The lowest BCUT2D eigenvalue weighted by molar-refractivity contribution is -0.137. The molecule has 0 N–H and O–H groups in total. The van der Waals surface area contributed by atoms with Gasteiger partial charge in [-0.2, -0.15) is 13.2 Å². The maximum absolute atomic E-state index is 13.9. The third-order valence-electron chi connectivity index (χ3n) is 5.68. The number of rotatable bonds is 8. The van der Waals surface area contributed by atoms with Gasteiger partial charge in [-0.05, 0) is 44.2 Å². The molecule has 4 rings (SSSR count). The van der Waals surface area contributed by atoms with Crippen molar-refractivity contribution in [2.75, 3.05) is 5.75 Å². The monoisotopic (exact) mass is 530 g/mol. The quantitative estimate of drug-likeness (QED) is 0.137. The Bertz CT molecular complexity index is 1440. The van der Waals surface area contributed by atoms with Crippen LogP contribution in [0.2, 0.25) is 5.02 Å². The molecule has 0 fully saturated rings. The number of nitrogens with zero attached hydrogens (tertiary/aromatic N) is 4. The maximum atomic E-state index is 13.9. The standard InChI is InChI=1S/C26H22ClF3N4OS/c1-4-12-33-16(2)13-20(17(33)3)23(35)15-36-25-32-31-24(18-8-7-9-19(27)14-18)34(25)22-11-6-5-10-21(22)26(28,29)30/h4-11,13-14H,1,12,15H2,2-3H3. The highest BCUT2D eigenvalue weighted by Gasteiger charge is 2.35. The maximum Gasteiger partial charge on any atom is 0.418 e. The van der Waals surface area contributed by atoms with Gasteiger partial charge in [-0.25, -0.2) is 0 Å². The van der Waals surface area contributed by atoms with Crippen LogP contribution in [0.3, 0.4) is 0 Å². The van der Waals surface area contributed by atoms with E-state index in [0.29, 0.717) is 22.7 Å². The van der Waals surface area contributed by atoms with Crippen LogP contribution in [0, 0.1) is 13.8 Å². The topological polar surface area (TPSA) is 52.7 Å². The van der Waals surface area contributed by atoms with Gasteiger partial charge in [-0.3, -0.25) is 9.36 Å². The number of carbonyl (C=O) groups is 1. The average Bonchev–Trinajstić information content (AvgIpc) is 3.38. The molecule has 5 nitrogen and oxygen atoms in total. The predicted molar refractivity (Wildman–Crippen MR) is 136 cm³/mol. The molecule has 0 aliphatic heterocycles. The van der Waals surface area contributed by atoms with Crippen molar-refractivity contribution in [2.45, 2.75) is 31.7 Å². The molecule has 0 spiro atoms. The average molecular weight is 531 g/mol. The van der Waals surface area contributed by atoms with Gasteiger partial charge in [-0.1, -0.05) is 53.7 Å². The van der Waals surface area contributed by atoms with Gasteiger partial charge in [0.15, 0.2) is 16.8 Å². The summed E-state index contributed by atoms with van der Waals surface area (Å²) in [6.07, 6.45) is -2.85. The van der Waals surface area contributed by atoms with Crippen molar-refractivity contribution in [2.24, 2.45) is 0 Å². The van der Waals surface area contributed by atoms with Gasteiger partial charge in [-0.15, -0.1) is 16.8 Å². The van der Waals surface area contributed by atoms with E-state index in [2.05, 4.69) is 16.8 Å². The fourth-order valence-corrected chi connectivity index (χ4v) is 5.02. The number of aryl methyl sites for hydroxylation is 1. The second kappa shape index (κ2) is 10.4. The fourth-order valence-electron chi connectivity index (χ4n) is 4.00. The molecule has 0 radical (unpaired) electrons. The van der Waals surface area contributed by atoms with Gasteiger partial charge in [0.1, 0.15) is 0 Å². The molecular weight excluding hydrogens is 509 g/mol. The second-order valence-corrected chi connectivity index (χ2v) is 9.44. The van der Waals surface area contributed by atoms with Gasteiger partial charge in [0.25, 0.3) is 0 Å². The smallest absolute Gasteiger partial charge is 0.345 e. The van der Waals surface area contributed by atoms with E-state index in [4.69, 9.17) is 11.6 Å². The molecule has 0 saturated heterocycles. The first-order valence-corrected chi connectivity index (χ1v) is 12.3. The Kier molecular flexibility index (Phi) is 7.42. The first-order valence-electron chi connectivity index (χ1n) is 10.9. The summed E-state index contributed by atoms with van der Waals surface area (Å²) in [6, 6.07) is 13.6. The van der Waals surface area contributed by atoms with Gasteiger partial charge in [0.2, 0.25) is 0 Å². The summed E-state index contributed by atoms with van der Waals surface area (Å²) >= 11 is 7.16. The Morgan fingerprint density at radius 1 is 1.11 bits per heavy atom. The van der Waals surface area contributed by atoms with E-state index in [-0.39, 0.29) is 28.2 Å². The molecule has 0 aliphatic rings. The van der Waals surface area contributed by atoms with E-state index in [1.165, 1.54) is 22.8 Å². The van der Waals surface area contributed by atoms with Crippen molar-refractivity contribution in [3.05, 3.63) is 94.8 Å². The second-order valence-electron chi connectivity index (χ2n) is 8.06. The predicted octanol–water partition coefficient (Wildman–Crippen LogP) is 7.19. The molecule has 2 heterocycles. The molecule has 0 aliphatic carbocycles. The number of halogens is 4. The van der Waals surface area contributed by atoms with Crippen LogP contribution in [0.15, 0.2) is 72.4 Å². The van der Waals surface area contributed by atoms with E-state index >= 15 is 0 Å². The van der Waals surface area contributed by atoms with Crippen molar-refractivity contribution in [1.29, 1.82) is 0 Å². The Hall–Kier alpha value is -3.30. The number of Topliss-reactive ketones (excluding diaryl/α,β-unsaturated/α-hetero) is 1. The van der Waals surface area contributed by atoms with Crippen LogP contribution in [0.1, 0.15) is 27.3 Å². The SMILES string of the molecule is C=CCn1c(C)cc(C(=O)CSc2nnc(-c3cccc(Cl)c3)n2-c2ccccc2C(F)(F)F)c1C. The number of benzene rings is 2. The molecule has 2 aromatic carbocycles. The Morgan fingerprint density at radius 3 is 2.56 bits per heavy atom. The highest BCUT2D eigenvalue weighted by Crippen LogP contribution is 2.37. The molecule has 0 unspecified atom stereocenters. The lowest BCUT2D eigenvalue weighted by atomic mass is 10.1. The van der Waals surface area contributed by atoms with E-state index in [1.807, 2.05) is 24.5 Å². The number of alkyl halides is 3.